The van der Waals surface area contributed by atoms with Gasteiger partial charge in [0.25, 0.3) is 0 Å². The van der Waals surface area contributed by atoms with Gasteiger partial charge in [-0.2, -0.15) is 0 Å². The van der Waals surface area contributed by atoms with Crippen LogP contribution in [0.3, 0.4) is 0 Å². The SMILES string of the molecule is CCC(C)CCCCCCCCCCCCC(=O)O[C@H](COC(=O)CCCCCCCCC(C)CC)COP(=O)(O)OC[C@H](O)COP(=O)(O)OC[C@@H](COC(=O)CCCCCCCCC(C)CC)OC(=O)CCCCCCCCCCCCCCC(C)C. The van der Waals surface area contributed by atoms with Crippen LogP contribution in [0.25, 0.3) is 0 Å². The van der Waals surface area contributed by atoms with Crippen molar-refractivity contribution in [3.63, 3.8) is 0 Å². The minimum Gasteiger partial charge on any atom is -0.462 e. The van der Waals surface area contributed by atoms with E-state index in [1.54, 1.807) is 0 Å². The van der Waals surface area contributed by atoms with E-state index in [0.29, 0.717) is 25.7 Å². The quantitative estimate of drug-likeness (QED) is 0.0222. The van der Waals surface area contributed by atoms with Gasteiger partial charge in [0.1, 0.15) is 19.3 Å². The number of hydrogen-bond acceptors (Lipinski definition) is 15. The average molecular weight is 1310 g/mol. The van der Waals surface area contributed by atoms with Crippen LogP contribution in [-0.4, -0.2) is 96.7 Å². The zero-order valence-electron chi connectivity index (χ0n) is 58.1. The number of aliphatic hydroxyl groups excluding tert-OH is 1. The van der Waals surface area contributed by atoms with Crippen LogP contribution < -0.4 is 0 Å². The molecule has 0 radical (unpaired) electrons. The van der Waals surface area contributed by atoms with Crippen LogP contribution in [-0.2, 0) is 65.4 Å². The number of unbranched alkanes of at least 4 members (excludes halogenated alkanes) is 30. The Morgan fingerprint density at radius 1 is 0.315 bits per heavy atom. The fourth-order valence-electron chi connectivity index (χ4n) is 10.4. The van der Waals surface area contributed by atoms with E-state index in [9.17, 15) is 43.2 Å². The molecule has 0 bridgehead atoms. The summed E-state index contributed by atoms with van der Waals surface area (Å²) < 4.78 is 68.3. The number of carbonyl (C=O) groups excluding carboxylic acids is 4. The second kappa shape index (κ2) is 59.8. The van der Waals surface area contributed by atoms with Crippen molar-refractivity contribution < 1.29 is 80.2 Å². The van der Waals surface area contributed by atoms with Gasteiger partial charge in [-0.3, -0.25) is 37.3 Å². The first-order valence-electron chi connectivity index (χ1n) is 36.3. The van der Waals surface area contributed by atoms with Crippen molar-refractivity contribution in [1.29, 1.82) is 0 Å². The highest BCUT2D eigenvalue weighted by Crippen LogP contribution is 2.45. The third-order valence-corrected chi connectivity index (χ3v) is 19.1. The Hall–Kier alpha value is -1.94. The maximum absolute atomic E-state index is 13.0. The molecular weight excluding hydrogens is 1170 g/mol. The Morgan fingerprint density at radius 3 is 0.798 bits per heavy atom. The molecule has 0 fully saturated rings. The fourth-order valence-corrected chi connectivity index (χ4v) is 12.0. The van der Waals surface area contributed by atoms with Crippen molar-refractivity contribution in [3.8, 4) is 0 Å². The molecule has 17 nitrogen and oxygen atoms in total. The molecule has 0 aliphatic carbocycles. The summed E-state index contributed by atoms with van der Waals surface area (Å²) in [6, 6.07) is 0. The fraction of sp³-hybridized carbons (Fsp3) is 0.943. The van der Waals surface area contributed by atoms with E-state index in [1.165, 1.54) is 135 Å². The van der Waals surface area contributed by atoms with Crippen LogP contribution in [0.4, 0.5) is 0 Å². The Balaban J connectivity index is 5.26. The molecule has 0 spiro atoms. The van der Waals surface area contributed by atoms with Crippen molar-refractivity contribution >= 4 is 39.5 Å². The summed E-state index contributed by atoms with van der Waals surface area (Å²) in [4.78, 5) is 72.5. The van der Waals surface area contributed by atoms with Crippen molar-refractivity contribution in [2.75, 3.05) is 39.6 Å². The van der Waals surface area contributed by atoms with Crippen LogP contribution >= 0.6 is 15.6 Å². The summed E-state index contributed by atoms with van der Waals surface area (Å²) in [5, 5.41) is 10.6. The maximum atomic E-state index is 13.0. The molecule has 0 aromatic rings. The minimum absolute atomic E-state index is 0.105. The molecule has 0 aromatic carbocycles. The molecule has 0 aromatic heterocycles. The number of ether oxygens (including phenoxy) is 4. The zero-order valence-corrected chi connectivity index (χ0v) is 59.8. The average Bonchev–Trinajstić information content (AvgIpc) is 3.70. The van der Waals surface area contributed by atoms with Gasteiger partial charge in [-0.1, -0.05) is 293 Å². The van der Waals surface area contributed by atoms with Crippen molar-refractivity contribution in [1.82, 2.24) is 0 Å². The number of phosphoric acid groups is 2. The van der Waals surface area contributed by atoms with Gasteiger partial charge in [0, 0.05) is 25.7 Å². The largest absolute Gasteiger partial charge is 0.472 e. The number of rotatable bonds is 67. The Kier molecular flexibility index (Phi) is 58.5. The molecule has 8 atom stereocenters. The predicted octanol–water partition coefficient (Wildman–Crippen LogP) is 19.7. The second-order valence-corrected chi connectivity index (χ2v) is 29.4. The van der Waals surface area contributed by atoms with Crippen LogP contribution in [0.5, 0.6) is 0 Å². The molecule has 0 rings (SSSR count). The number of phosphoric ester groups is 2. The lowest BCUT2D eigenvalue weighted by molar-refractivity contribution is -0.161. The first-order valence-corrected chi connectivity index (χ1v) is 39.3. The molecule has 0 amide bonds. The number of esters is 4. The van der Waals surface area contributed by atoms with E-state index in [0.717, 1.165) is 126 Å². The van der Waals surface area contributed by atoms with Gasteiger partial charge < -0.3 is 33.8 Å². The Labute approximate surface area is 543 Å². The summed E-state index contributed by atoms with van der Waals surface area (Å²) in [6.07, 6.45) is 41.6. The van der Waals surface area contributed by atoms with Crippen LogP contribution in [0.1, 0.15) is 344 Å². The van der Waals surface area contributed by atoms with Gasteiger partial charge >= 0.3 is 39.5 Å². The first kappa shape index (κ1) is 87.1. The van der Waals surface area contributed by atoms with Crippen LogP contribution in [0, 0.1) is 23.7 Å². The lowest BCUT2D eigenvalue weighted by Gasteiger charge is -2.21. The molecule has 0 saturated carbocycles. The lowest BCUT2D eigenvalue weighted by Crippen LogP contribution is -2.30. The lowest BCUT2D eigenvalue weighted by atomic mass is 9.99. The first-order chi connectivity index (χ1) is 42.7. The van der Waals surface area contributed by atoms with Gasteiger partial charge in [-0.05, 0) is 49.4 Å². The molecule has 3 N–H and O–H groups in total. The minimum atomic E-state index is -4.95. The summed E-state index contributed by atoms with van der Waals surface area (Å²) in [7, 11) is -9.90. The van der Waals surface area contributed by atoms with E-state index in [4.69, 9.17) is 37.0 Å². The molecule has 0 aliphatic heterocycles. The molecule has 0 aliphatic rings. The second-order valence-electron chi connectivity index (χ2n) is 26.5. The van der Waals surface area contributed by atoms with Crippen molar-refractivity contribution in [2.24, 2.45) is 23.7 Å². The summed E-state index contributed by atoms with van der Waals surface area (Å²) in [6.45, 7) is 14.1. The molecule has 0 saturated heterocycles. The van der Waals surface area contributed by atoms with Crippen molar-refractivity contribution in [3.05, 3.63) is 0 Å². The molecule has 89 heavy (non-hydrogen) atoms. The summed E-state index contributed by atoms with van der Waals surface area (Å²) in [5.41, 5.74) is 0. The molecule has 5 unspecified atom stereocenters. The summed E-state index contributed by atoms with van der Waals surface area (Å²) in [5.74, 6) is 0.910. The monoisotopic (exact) mass is 1310 g/mol. The van der Waals surface area contributed by atoms with E-state index >= 15 is 0 Å². The van der Waals surface area contributed by atoms with E-state index in [-0.39, 0.29) is 25.7 Å². The highest BCUT2D eigenvalue weighted by molar-refractivity contribution is 7.47. The van der Waals surface area contributed by atoms with Crippen LogP contribution in [0.15, 0.2) is 0 Å². The van der Waals surface area contributed by atoms with E-state index in [2.05, 4.69) is 55.4 Å². The van der Waals surface area contributed by atoms with Gasteiger partial charge in [0.05, 0.1) is 26.4 Å². The third kappa shape index (κ3) is 60.7. The standard InChI is InChI=1S/C70H136O17P2/c1-9-61(6)47-39-31-23-19-16-17-21-25-37-45-53-70(75)87-66(57-81-68(73)51-43-35-29-27-33-41-49-63(8)11-3)59-85-89(78,79)83-55-64(71)54-82-88(76,77)84-58-65(56-80-67(72)50-42-34-28-26-32-40-48-62(7)10-2)86-69(74)52-44-36-24-20-15-13-12-14-18-22-30-38-46-60(4)5/h60-66,71H,9-59H2,1-8H3,(H,76,77)(H,78,79)/t61?,62?,63?,64-,65-,66-/m1/s1. The molecular formula is C70H136O17P2. The smallest absolute Gasteiger partial charge is 0.462 e. The normalized spacial score (nSPS) is 15.2. The van der Waals surface area contributed by atoms with Gasteiger partial charge in [0.15, 0.2) is 12.2 Å². The Morgan fingerprint density at radius 2 is 0.539 bits per heavy atom. The molecule has 0 heterocycles. The Bertz CT molecular complexity index is 1770. The number of carbonyl (C=O) groups is 4. The predicted molar refractivity (Wildman–Crippen MR) is 358 cm³/mol. The molecule has 528 valence electrons. The highest BCUT2D eigenvalue weighted by atomic mass is 31.2. The van der Waals surface area contributed by atoms with E-state index < -0.39 is 97.5 Å². The maximum Gasteiger partial charge on any atom is 0.472 e. The topological polar surface area (TPSA) is 237 Å². The zero-order chi connectivity index (χ0) is 66.1. The summed E-state index contributed by atoms with van der Waals surface area (Å²) >= 11 is 0. The highest BCUT2D eigenvalue weighted by Gasteiger charge is 2.30. The third-order valence-electron chi connectivity index (χ3n) is 17.2. The van der Waals surface area contributed by atoms with E-state index in [1.807, 2.05) is 0 Å². The van der Waals surface area contributed by atoms with Gasteiger partial charge in [-0.25, -0.2) is 9.13 Å². The number of aliphatic hydroxyl groups is 1. The molecule has 19 heteroatoms. The van der Waals surface area contributed by atoms with Gasteiger partial charge in [0.2, 0.25) is 0 Å². The van der Waals surface area contributed by atoms with Crippen LogP contribution in [0.2, 0.25) is 0 Å². The van der Waals surface area contributed by atoms with Gasteiger partial charge in [-0.15, -0.1) is 0 Å². The number of hydrogen-bond donors (Lipinski definition) is 3. The van der Waals surface area contributed by atoms with Crippen molar-refractivity contribution in [2.45, 2.75) is 363 Å².